The third kappa shape index (κ3) is 4.17. The highest BCUT2D eigenvalue weighted by molar-refractivity contribution is 5.78. The van der Waals surface area contributed by atoms with E-state index in [1.807, 2.05) is 4.90 Å². The second-order valence-electron chi connectivity index (χ2n) is 5.89. The number of carbonyl (C=O) groups excluding carboxylic acids is 1. The van der Waals surface area contributed by atoms with Crippen molar-refractivity contribution in [2.45, 2.75) is 31.7 Å². The number of halogens is 1. The minimum atomic E-state index is -0.677. The van der Waals surface area contributed by atoms with Crippen LogP contribution in [0.5, 0.6) is 5.75 Å². The molecule has 1 amide bonds. The van der Waals surface area contributed by atoms with Gasteiger partial charge < -0.3 is 14.9 Å². The van der Waals surface area contributed by atoms with Crippen LogP contribution in [-0.2, 0) is 11.2 Å². The highest BCUT2D eigenvalue weighted by Gasteiger charge is 2.21. The summed E-state index contributed by atoms with van der Waals surface area (Å²) < 4.78 is 13.3. The molecule has 5 heteroatoms. The molecule has 0 aromatic heterocycles. The Balaban J connectivity index is 1.95. The zero-order valence-corrected chi connectivity index (χ0v) is 12.7. The lowest BCUT2D eigenvalue weighted by molar-refractivity contribution is -0.130. The van der Waals surface area contributed by atoms with Gasteiger partial charge in [0, 0.05) is 19.1 Å². The molecule has 1 aliphatic rings. The SMILES string of the molecule is CN(C)[C@@H]1CCCN(C(=O)Cc2ccc(O)c(F)c2)CC1. The van der Waals surface area contributed by atoms with Crippen molar-refractivity contribution in [2.75, 3.05) is 27.2 Å². The van der Waals surface area contributed by atoms with Gasteiger partial charge in [0.05, 0.1) is 6.42 Å². The van der Waals surface area contributed by atoms with E-state index < -0.39 is 5.82 Å². The quantitative estimate of drug-likeness (QED) is 0.927. The molecule has 0 spiro atoms. The van der Waals surface area contributed by atoms with Gasteiger partial charge in [0.15, 0.2) is 11.6 Å². The molecule has 0 bridgehead atoms. The number of aromatic hydroxyl groups is 1. The average Bonchev–Trinajstić information content (AvgIpc) is 2.69. The minimum Gasteiger partial charge on any atom is -0.505 e. The highest BCUT2D eigenvalue weighted by atomic mass is 19.1. The number of benzene rings is 1. The Morgan fingerprint density at radius 3 is 2.81 bits per heavy atom. The molecule has 1 aromatic carbocycles. The summed E-state index contributed by atoms with van der Waals surface area (Å²) >= 11 is 0. The van der Waals surface area contributed by atoms with Gasteiger partial charge in [-0.2, -0.15) is 0 Å². The zero-order chi connectivity index (χ0) is 15.4. The summed E-state index contributed by atoms with van der Waals surface area (Å²) in [5.74, 6) is -1.03. The predicted molar refractivity (Wildman–Crippen MR) is 79.7 cm³/mol. The van der Waals surface area contributed by atoms with E-state index in [1.165, 1.54) is 12.1 Å². The van der Waals surface area contributed by atoms with Crippen LogP contribution < -0.4 is 0 Å². The van der Waals surface area contributed by atoms with E-state index in [0.717, 1.165) is 32.4 Å². The molecular formula is C16H23FN2O2. The average molecular weight is 294 g/mol. The third-order valence-electron chi connectivity index (χ3n) is 4.15. The molecule has 1 N–H and O–H groups in total. The molecule has 2 rings (SSSR count). The predicted octanol–water partition coefficient (Wildman–Crippen LogP) is 2.02. The fourth-order valence-corrected chi connectivity index (χ4v) is 2.79. The number of rotatable bonds is 3. The van der Waals surface area contributed by atoms with Gasteiger partial charge >= 0.3 is 0 Å². The summed E-state index contributed by atoms with van der Waals surface area (Å²) in [5.41, 5.74) is 0.601. The smallest absolute Gasteiger partial charge is 0.226 e. The summed E-state index contributed by atoms with van der Waals surface area (Å²) in [6, 6.07) is 4.64. The molecule has 0 saturated carbocycles. The number of hydrogen-bond donors (Lipinski definition) is 1. The molecule has 0 radical (unpaired) electrons. The molecule has 4 nitrogen and oxygen atoms in total. The lowest BCUT2D eigenvalue weighted by atomic mass is 10.1. The molecule has 1 fully saturated rings. The molecule has 21 heavy (non-hydrogen) atoms. The van der Waals surface area contributed by atoms with Gasteiger partial charge in [0.25, 0.3) is 0 Å². The number of carbonyl (C=O) groups is 1. The van der Waals surface area contributed by atoms with Crippen molar-refractivity contribution in [3.05, 3.63) is 29.6 Å². The molecule has 1 heterocycles. The Labute approximate surface area is 125 Å². The summed E-state index contributed by atoms with van der Waals surface area (Å²) in [6.07, 6.45) is 3.26. The van der Waals surface area contributed by atoms with Gasteiger partial charge in [0.1, 0.15) is 0 Å². The van der Waals surface area contributed by atoms with Crippen molar-refractivity contribution in [3.63, 3.8) is 0 Å². The molecule has 1 aromatic rings. The van der Waals surface area contributed by atoms with Crippen LogP contribution in [0.2, 0.25) is 0 Å². The van der Waals surface area contributed by atoms with E-state index in [1.54, 1.807) is 6.07 Å². The van der Waals surface area contributed by atoms with E-state index in [0.29, 0.717) is 11.6 Å². The maximum absolute atomic E-state index is 13.3. The summed E-state index contributed by atoms with van der Waals surface area (Å²) in [7, 11) is 4.14. The van der Waals surface area contributed by atoms with E-state index in [4.69, 9.17) is 5.11 Å². The van der Waals surface area contributed by atoms with Crippen LogP contribution in [0.25, 0.3) is 0 Å². The molecule has 0 unspecified atom stereocenters. The lowest BCUT2D eigenvalue weighted by Crippen LogP contribution is -2.34. The monoisotopic (exact) mass is 294 g/mol. The molecule has 1 saturated heterocycles. The van der Waals surface area contributed by atoms with Gasteiger partial charge in [-0.05, 0) is 51.1 Å². The molecule has 0 aliphatic carbocycles. The van der Waals surface area contributed by atoms with Crippen molar-refractivity contribution in [2.24, 2.45) is 0 Å². The van der Waals surface area contributed by atoms with Gasteiger partial charge in [-0.25, -0.2) is 4.39 Å². The number of phenols is 1. The Kier molecular flexibility index (Phi) is 5.17. The summed E-state index contributed by atoms with van der Waals surface area (Å²) in [6.45, 7) is 1.52. The first-order valence-electron chi connectivity index (χ1n) is 7.39. The van der Waals surface area contributed by atoms with Crippen LogP contribution in [0.4, 0.5) is 4.39 Å². The van der Waals surface area contributed by atoms with Gasteiger partial charge in [-0.15, -0.1) is 0 Å². The fraction of sp³-hybridized carbons (Fsp3) is 0.562. The number of hydrogen-bond acceptors (Lipinski definition) is 3. The maximum Gasteiger partial charge on any atom is 0.226 e. The second kappa shape index (κ2) is 6.89. The maximum atomic E-state index is 13.3. The summed E-state index contributed by atoms with van der Waals surface area (Å²) in [4.78, 5) is 16.4. The van der Waals surface area contributed by atoms with E-state index >= 15 is 0 Å². The molecular weight excluding hydrogens is 271 g/mol. The number of phenolic OH excluding ortho intramolecular Hbond substituents is 1. The Hall–Kier alpha value is -1.62. The number of nitrogens with zero attached hydrogens (tertiary/aromatic N) is 2. The largest absolute Gasteiger partial charge is 0.505 e. The standard InChI is InChI=1S/C16H23FN2O2/c1-18(2)13-4-3-8-19(9-7-13)16(21)11-12-5-6-15(20)14(17)10-12/h5-6,10,13,20H,3-4,7-9,11H2,1-2H3/t13-/m1/s1. The fourth-order valence-electron chi connectivity index (χ4n) is 2.79. The van der Waals surface area contributed by atoms with E-state index in [9.17, 15) is 9.18 Å². The topological polar surface area (TPSA) is 43.8 Å². The first-order valence-corrected chi connectivity index (χ1v) is 7.39. The van der Waals surface area contributed by atoms with Gasteiger partial charge in [0.2, 0.25) is 5.91 Å². The third-order valence-corrected chi connectivity index (χ3v) is 4.15. The molecule has 1 aliphatic heterocycles. The minimum absolute atomic E-state index is 0.0273. The van der Waals surface area contributed by atoms with Crippen molar-refractivity contribution < 1.29 is 14.3 Å². The van der Waals surface area contributed by atoms with Crippen LogP contribution in [0.1, 0.15) is 24.8 Å². The molecule has 116 valence electrons. The van der Waals surface area contributed by atoms with Crippen molar-refractivity contribution in [1.82, 2.24) is 9.80 Å². The van der Waals surface area contributed by atoms with Crippen LogP contribution in [0.15, 0.2) is 18.2 Å². The second-order valence-corrected chi connectivity index (χ2v) is 5.89. The zero-order valence-electron chi connectivity index (χ0n) is 12.7. The number of amides is 1. The Morgan fingerprint density at radius 2 is 2.14 bits per heavy atom. The van der Waals surface area contributed by atoms with E-state index in [-0.39, 0.29) is 18.1 Å². The summed E-state index contributed by atoms with van der Waals surface area (Å²) in [5, 5.41) is 9.17. The van der Waals surface area contributed by atoms with Gasteiger partial charge in [-0.1, -0.05) is 6.07 Å². The van der Waals surface area contributed by atoms with Crippen LogP contribution in [0, 0.1) is 5.82 Å². The molecule has 1 atom stereocenters. The van der Waals surface area contributed by atoms with E-state index in [2.05, 4.69) is 19.0 Å². The number of likely N-dealkylation sites (tertiary alicyclic amines) is 1. The van der Waals surface area contributed by atoms with Crippen molar-refractivity contribution in [1.29, 1.82) is 0 Å². The van der Waals surface area contributed by atoms with Crippen LogP contribution >= 0.6 is 0 Å². The lowest BCUT2D eigenvalue weighted by Gasteiger charge is -2.23. The van der Waals surface area contributed by atoms with Crippen molar-refractivity contribution >= 4 is 5.91 Å². The van der Waals surface area contributed by atoms with Gasteiger partial charge in [-0.3, -0.25) is 4.79 Å². The first-order chi connectivity index (χ1) is 9.97. The van der Waals surface area contributed by atoms with Crippen LogP contribution in [-0.4, -0.2) is 54.0 Å². The Morgan fingerprint density at radius 1 is 1.38 bits per heavy atom. The first kappa shape index (κ1) is 15.8. The van der Waals surface area contributed by atoms with Crippen molar-refractivity contribution in [3.8, 4) is 5.75 Å². The Bertz CT molecular complexity index is 505. The normalized spacial score (nSPS) is 19.6. The highest BCUT2D eigenvalue weighted by Crippen LogP contribution is 2.19. The van der Waals surface area contributed by atoms with Crippen LogP contribution in [0.3, 0.4) is 0 Å².